The number of ether oxygens (including phenoxy) is 2. The van der Waals surface area contributed by atoms with E-state index in [1.165, 1.54) is 0 Å². The van der Waals surface area contributed by atoms with E-state index in [0.717, 1.165) is 51.4 Å². The third-order valence-electron chi connectivity index (χ3n) is 3.19. The highest BCUT2D eigenvalue weighted by atomic mass is 16.5. The minimum absolute atomic E-state index is 0.110. The first-order chi connectivity index (χ1) is 10.1. The molecule has 0 heterocycles. The van der Waals surface area contributed by atoms with Crippen LogP contribution in [0.25, 0.3) is 0 Å². The van der Waals surface area contributed by atoms with Gasteiger partial charge >= 0.3 is 11.9 Å². The highest BCUT2D eigenvalue weighted by molar-refractivity contribution is 5.82. The third-order valence-corrected chi connectivity index (χ3v) is 3.19. The standard InChI is InChI=1S/C16H31NO4/c1-3-5-7-9-11-20-15(18)13-14(17)16(19)21-12-10-8-6-4-2/h14H,3-13,17H2,1-2H3/t14-/m0/s1. The summed E-state index contributed by atoms with van der Waals surface area (Å²) in [5.74, 6) is -0.948. The third kappa shape index (κ3) is 12.4. The van der Waals surface area contributed by atoms with Gasteiger partial charge in [0.2, 0.25) is 0 Å². The van der Waals surface area contributed by atoms with Gasteiger partial charge in [-0.3, -0.25) is 9.59 Å². The van der Waals surface area contributed by atoms with Crippen molar-refractivity contribution in [1.82, 2.24) is 0 Å². The van der Waals surface area contributed by atoms with E-state index < -0.39 is 18.0 Å². The van der Waals surface area contributed by atoms with Gasteiger partial charge in [0.1, 0.15) is 6.04 Å². The minimum atomic E-state index is -0.917. The molecule has 0 bridgehead atoms. The average molecular weight is 301 g/mol. The second-order valence-electron chi connectivity index (χ2n) is 5.32. The van der Waals surface area contributed by atoms with Crippen LogP contribution in [0.15, 0.2) is 0 Å². The molecule has 0 aliphatic carbocycles. The van der Waals surface area contributed by atoms with Crippen LogP contribution in [-0.2, 0) is 19.1 Å². The Morgan fingerprint density at radius 2 is 1.38 bits per heavy atom. The van der Waals surface area contributed by atoms with Crippen molar-refractivity contribution < 1.29 is 19.1 Å². The van der Waals surface area contributed by atoms with Gasteiger partial charge in [0.15, 0.2) is 0 Å². The van der Waals surface area contributed by atoms with Crippen molar-refractivity contribution >= 4 is 11.9 Å². The Morgan fingerprint density at radius 1 is 0.857 bits per heavy atom. The van der Waals surface area contributed by atoms with E-state index in [4.69, 9.17) is 15.2 Å². The Bertz CT molecular complexity index is 281. The summed E-state index contributed by atoms with van der Waals surface area (Å²) in [6, 6.07) is -0.917. The summed E-state index contributed by atoms with van der Waals surface area (Å²) in [6.45, 7) is 5.02. The number of hydrogen-bond acceptors (Lipinski definition) is 5. The Hall–Kier alpha value is -1.10. The maximum Gasteiger partial charge on any atom is 0.323 e. The molecule has 0 saturated heterocycles. The first kappa shape index (κ1) is 19.9. The van der Waals surface area contributed by atoms with Gasteiger partial charge in [-0.15, -0.1) is 0 Å². The average Bonchev–Trinajstić information content (AvgIpc) is 2.46. The molecule has 5 nitrogen and oxygen atoms in total. The van der Waals surface area contributed by atoms with Crippen LogP contribution in [0.4, 0.5) is 0 Å². The zero-order valence-electron chi connectivity index (χ0n) is 13.6. The van der Waals surface area contributed by atoms with Crippen LogP contribution in [-0.4, -0.2) is 31.2 Å². The lowest BCUT2D eigenvalue weighted by Crippen LogP contribution is -2.35. The van der Waals surface area contributed by atoms with E-state index >= 15 is 0 Å². The van der Waals surface area contributed by atoms with Crippen molar-refractivity contribution in [2.45, 2.75) is 77.7 Å². The van der Waals surface area contributed by atoms with Gasteiger partial charge in [-0.05, 0) is 12.8 Å². The van der Waals surface area contributed by atoms with E-state index in [0.29, 0.717) is 13.2 Å². The molecule has 21 heavy (non-hydrogen) atoms. The molecule has 5 heteroatoms. The molecule has 0 aliphatic rings. The molecule has 0 unspecified atom stereocenters. The molecule has 2 N–H and O–H groups in total. The largest absolute Gasteiger partial charge is 0.466 e. The normalized spacial score (nSPS) is 12.0. The molecule has 124 valence electrons. The summed E-state index contributed by atoms with van der Waals surface area (Å²) in [4.78, 5) is 23.1. The van der Waals surface area contributed by atoms with Crippen LogP contribution in [0.2, 0.25) is 0 Å². The van der Waals surface area contributed by atoms with E-state index in [2.05, 4.69) is 13.8 Å². The number of rotatable bonds is 13. The smallest absolute Gasteiger partial charge is 0.323 e. The molecule has 0 amide bonds. The van der Waals surface area contributed by atoms with Crippen molar-refractivity contribution in [1.29, 1.82) is 0 Å². The predicted octanol–water partition coefficient (Wildman–Crippen LogP) is 2.95. The van der Waals surface area contributed by atoms with Crippen LogP contribution in [0.5, 0.6) is 0 Å². The fraction of sp³-hybridized carbons (Fsp3) is 0.875. The molecule has 0 rings (SSSR count). The zero-order valence-corrected chi connectivity index (χ0v) is 13.6. The fourth-order valence-electron chi connectivity index (χ4n) is 1.85. The van der Waals surface area contributed by atoms with E-state index in [-0.39, 0.29) is 6.42 Å². The lowest BCUT2D eigenvalue weighted by Gasteiger charge is -2.11. The second-order valence-corrected chi connectivity index (χ2v) is 5.32. The van der Waals surface area contributed by atoms with Crippen LogP contribution in [0.3, 0.4) is 0 Å². The molecule has 0 aromatic carbocycles. The van der Waals surface area contributed by atoms with Crippen LogP contribution in [0, 0.1) is 0 Å². The summed E-state index contributed by atoms with van der Waals surface area (Å²) < 4.78 is 10.1. The van der Waals surface area contributed by atoms with Gasteiger partial charge in [-0.25, -0.2) is 0 Å². The lowest BCUT2D eigenvalue weighted by atomic mass is 10.2. The highest BCUT2D eigenvalue weighted by Gasteiger charge is 2.19. The molecule has 0 spiro atoms. The summed E-state index contributed by atoms with van der Waals surface area (Å²) in [5.41, 5.74) is 5.64. The van der Waals surface area contributed by atoms with Gasteiger partial charge in [-0.2, -0.15) is 0 Å². The number of carbonyl (C=O) groups excluding carboxylic acids is 2. The van der Waals surface area contributed by atoms with Crippen molar-refractivity contribution in [3.63, 3.8) is 0 Å². The van der Waals surface area contributed by atoms with Gasteiger partial charge in [0.25, 0.3) is 0 Å². The number of unbranched alkanes of at least 4 members (excludes halogenated alkanes) is 6. The van der Waals surface area contributed by atoms with Crippen molar-refractivity contribution in [3.05, 3.63) is 0 Å². The lowest BCUT2D eigenvalue weighted by molar-refractivity contribution is -0.152. The van der Waals surface area contributed by atoms with Crippen molar-refractivity contribution in [2.75, 3.05) is 13.2 Å². The molecule has 0 aromatic rings. The van der Waals surface area contributed by atoms with Crippen molar-refractivity contribution in [2.24, 2.45) is 5.73 Å². The molecule has 1 atom stereocenters. The Balaban J connectivity index is 3.62. The Kier molecular flexibility index (Phi) is 13.1. The van der Waals surface area contributed by atoms with Gasteiger partial charge in [0, 0.05) is 0 Å². The first-order valence-electron chi connectivity index (χ1n) is 8.19. The Labute approximate surface area is 128 Å². The highest BCUT2D eigenvalue weighted by Crippen LogP contribution is 2.03. The maximum atomic E-state index is 11.6. The van der Waals surface area contributed by atoms with Gasteiger partial charge < -0.3 is 15.2 Å². The van der Waals surface area contributed by atoms with E-state index in [9.17, 15) is 9.59 Å². The van der Waals surface area contributed by atoms with Crippen LogP contribution in [0.1, 0.15) is 71.6 Å². The number of carbonyl (C=O) groups is 2. The molecule has 0 radical (unpaired) electrons. The predicted molar refractivity (Wildman–Crippen MR) is 82.8 cm³/mol. The first-order valence-corrected chi connectivity index (χ1v) is 8.19. The number of hydrogen-bond donors (Lipinski definition) is 1. The zero-order chi connectivity index (χ0) is 15.9. The van der Waals surface area contributed by atoms with Crippen LogP contribution >= 0.6 is 0 Å². The molecular formula is C16H31NO4. The molecule has 0 saturated carbocycles. The topological polar surface area (TPSA) is 78.6 Å². The summed E-state index contributed by atoms with van der Waals surface area (Å²) in [5, 5.41) is 0. The van der Waals surface area contributed by atoms with Gasteiger partial charge in [0.05, 0.1) is 19.6 Å². The molecular weight excluding hydrogens is 270 g/mol. The summed E-state index contributed by atoms with van der Waals surface area (Å²) in [7, 11) is 0. The molecule has 0 fully saturated rings. The van der Waals surface area contributed by atoms with E-state index in [1.54, 1.807) is 0 Å². The SMILES string of the molecule is CCCCCCOC(=O)C[C@H](N)C(=O)OCCCCCC. The minimum Gasteiger partial charge on any atom is -0.466 e. The number of nitrogens with two attached hydrogens (primary N) is 1. The van der Waals surface area contributed by atoms with E-state index in [1.807, 2.05) is 0 Å². The van der Waals surface area contributed by atoms with Crippen molar-refractivity contribution in [3.8, 4) is 0 Å². The van der Waals surface area contributed by atoms with Crippen LogP contribution < -0.4 is 5.73 Å². The summed E-state index contributed by atoms with van der Waals surface area (Å²) >= 11 is 0. The maximum absolute atomic E-state index is 11.6. The second kappa shape index (κ2) is 13.9. The Morgan fingerprint density at radius 3 is 1.90 bits per heavy atom. The van der Waals surface area contributed by atoms with Gasteiger partial charge in [-0.1, -0.05) is 52.4 Å². The monoisotopic (exact) mass is 301 g/mol. The molecule has 0 aromatic heterocycles. The molecule has 0 aliphatic heterocycles. The fourth-order valence-corrected chi connectivity index (χ4v) is 1.85. The quantitative estimate of drug-likeness (QED) is 0.418. The number of esters is 2. The summed E-state index contributed by atoms with van der Waals surface area (Å²) in [6.07, 6.45) is 8.23.